The smallest absolute Gasteiger partial charge is 0.336 e. The van der Waals surface area contributed by atoms with Gasteiger partial charge in [0.2, 0.25) is 0 Å². The molecular formula is C63H90N4O5. The fourth-order valence-electron chi connectivity index (χ4n) is 11.6. The Labute approximate surface area is 432 Å². The van der Waals surface area contributed by atoms with Gasteiger partial charge < -0.3 is 16.2 Å². The Kier molecular flexibility index (Phi) is 23.1. The normalized spacial score (nSPS) is 13.0. The van der Waals surface area contributed by atoms with Crippen molar-refractivity contribution in [1.82, 2.24) is 10.6 Å². The third-order valence-electron chi connectivity index (χ3n) is 15.7. The maximum Gasteiger partial charge on any atom is 0.336 e. The van der Waals surface area contributed by atoms with E-state index < -0.39 is 17.8 Å². The van der Waals surface area contributed by atoms with Gasteiger partial charge in [-0.05, 0) is 76.9 Å². The monoisotopic (exact) mass is 983 g/mol. The van der Waals surface area contributed by atoms with Crippen LogP contribution in [0.4, 0.5) is 0 Å². The van der Waals surface area contributed by atoms with Gasteiger partial charge in [-0.2, -0.15) is 0 Å². The molecule has 3 amide bonds. The Morgan fingerprint density at radius 1 is 0.486 bits per heavy atom. The van der Waals surface area contributed by atoms with E-state index in [1.54, 1.807) is 24.3 Å². The van der Waals surface area contributed by atoms with Crippen LogP contribution in [0.3, 0.4) is 0 Å². The minimum atomic E-state index is -1.13. The number of carboxylic acids is 1. The number of imide groups is 1. The number of nitrogens with one attached hydrogen (secondary N) is 2. The van der Waals surface area contributed by atoms with Gasteiger partial charge in [0.1, 0.15) is 5.84 Å². The molecule has 9 nitrogen and oxygen atoms in total. The van der Waals surface area contributed by atoms with Crippen LogP contribution in [0.15, 0.2) is 47.5 Å². The van der Waals surface area contributed by atoms with Crippen molar-refractivity contribution >= 4 is 72.6 Å². The highest BCUT2D eigenvalue weighted by Gasteiger charge is 2.31. The average molecular weight is 983 g/mol. The lowest BCUT2D eigenvalue weighted by atomic mass is 9.81. The molecule has 0 bridgehead atoms. The van der Waals surface area contributed by atoms with E-state index >= 15 is 4.79 Å². The highest BCUT2D eigenvalue weighted by Crippen LogP contribution is 2.46. The lowest BCUT2D eigenvalue weighted by Crippen LogP contribution is -2.35. The maximum absolute atomic E-state index is 15.2. The Morgan fingerprint density at radius 2 is 0.903 bits per heavy atom. The standard InChI is InChI=1S/C63H90N4O5/c1-5-9-13-17-21-25-29-33-44(34-30-26-22-18-14-10-6-2)65-59(64)52-43-53(63(71)72)55-48-39-42-50-56-49(61(69)67-62(50)70)40-37-46(54(48)56)47-38-41-51(57(52)58(47)55)60(68)66-45(35-31-27-23-19-15-11-7-3)36-32-28-24-20-16-12-8-4/h37-45H,5-36H2,1-4H3,(H2,64,65)(H,66,68)(H,71,72)(H,67,69,70). The number of benzene rings is 5. The molecule has 5 N–H and O–H groups in total. The number of hydrogen-bond donors (Lipinski definition) is 4. The number of rotatable bonds is 37. The second-order valence-corrected chi connectivity index (χ2v) is 21.4. The molecule has 5 aromatic carbocycles. The van der Waals surface area contributed by atoms with Gasteiger partial charge in [-0.25, -0.2) is 4.79 Å². The Hall–Kier alpha value is -5.05. The predicted molar refractivity (Wildman–Crippen MR) is 303 cm³/mol. The molecule has 1 aliphatic heterocycles. The summed E-state index contributed by atoms with van der Waals surface area (Å²) < 4.78 is 0. The number of aromatic carboxylic acids is 1. The van der Waals surface area contributed by atoms with Crippen molar-refractivity contribution in [2.75, 3.05) is 0 Å². The minimum Gasteiger partial charge on any atom is -0.478 e. The Bertz CT molecular complexity index is 2520. The zero-order valence-electron chi connectivity index (χ0n) is 44.9. The molecule has 1 aliphatic rings. The Morgan fingerprint density at radius 3 is 1.38 bits per heavy atom. The van der Waals surface area contributed by atoms with E-state index in [0.717, 1.165) is 87.8 Å². The van der Waals surface area contributed by atoms with E-state index in [9.17, 15) is 19.5 Å². The molecule has 0 atom stereocenters. The first-order valence-electron chi connectivity index (χ1n) is 29.1. The molecule has 0 aromatic heterocycles. The molecule has 0 saturated carbocycles. The molecule has 9 heteroatoms. The molecule has 0 unspecified atom stereocenters. The number of unbranched alkanes of at least 4 members (excludes halogenated alkanes) is 24. The molecule has 72 heavy (non-hydrogen) atoms. The fraction of sp³-hybridized carbons (Fsp3) is 0.603. The Balaban J connectivity index is 1.46. The van der Waals surface area contributed by atoms with Gasteiger partial charge >= 0.3 is 5.97 Å². The van der Waals surface area contributed by atoms with Crippen LogP contribution < -0.4 is 16.4 Å². The SMILES string of the molecule is CCCCCCCCCC(CCCCCCCCC)N=C(N)c1cc(C(=O)O)c2c3ccc4c5c(ccc(c6ccc(C(=O)NC(CCCCCCCCC)CCCCCCCCC)c1c62)c53)C(=O)NC4=O. The zero-order valence-corrected chi connectivity index (χ0v) is 44.9. The van der Waals surface area contributed by atoms with Gasteiger partial charge in [0, 0.05) is 44.5 Å². The number of amides is 3. The fourth-order valence-corrected chi connectivity index (χ4v) is 11.6. The van der Waals surface area contributed by atoms with Crippen LogP contribution in [0.5, 0.6) is 0 Å². The maximum atomic E-state index is 15.2. The van der Waals surface area contributed by atoms with Crippen molar-refractivity contribution < 1.29 is 24.3 Å². The summed E-state index contributed by atoms with van der Waals surface area (Å²) in [5.41, 5.74) is 8.97. The predicted octanol–water partition coefficient (Wildman–Crippen LogP) is 17.1. The van der Waals surface area contributed by atoms with Crippen molar-refractivity contribution in [2.45, 2.75) is 245 Å². The number of nitrogens with zero attached hydrogens (tertiary/aromatic N) is 1. The van der Waals surface area contributed by atoms with E-state index in [4.69, 9.17) is 10.7 Å². The summed E-state index contributed by atoms with van der Waals surface area (Å²) in [4.78, 5) is 60.8. The van der Waals surface area contributed by atoms with Crippen molar-refractivity contribution in [3.8, 4) is 0 Å². The van der Waals surface area contributed by atoms with Crippen LogP contribution in [0.1, 0.15) is 280 Å². The quantitative estimate of drug-likeness (QED) is 0.00777. The number of carbonyl (C=O) groups is 4. The van der Waals surface area contributed by atoms with Crippen LogP contribution in [-0.4, -0.2) is 46.7 Å². The third-order valence-corrected chi connectivity index (χ3v) is 15.7. The summed E-state index contributed by atoms with van der Waals surface area (Å²) in [6.45, 7) is 8.99. The topological polar surface area (TPSA) is 151 Å². The molecule has 0 fully saturated rings. The molecule has 0 radical (unpaired) electrons. The van der Waals surface area contributed by atoms with Gasteiger partial charge in [-0.3, -0.25) is 24.7 Å². The first kappa shape index (κ1) is 56.2. The lowest BCUT2D eigenvalue weighted by Gasteiger charge is -2.24. The van der Waals surface area contributed by atoms with Crippen molar-refractivity contribution in [2.24, 2.45) is 10.7 Å². The van der Waals surface area contributed by atoms with E-state index in [1.807, 2.05) is 18.2 Å². The number of carboxylic acid groups (broad SMARTS) is 1. The van der Waals surface area contributed by atoms with E-state index in [2.05, 4.69) is 38.3 Å². The molecule has 392 valence electrons. The van der Waals surface area contributed by atoms with Crippen molar-refractivity contribution in [3.63, 3.8) is 0 Å². The average Bonchev–Trinajstić information content (AvgIpc) is 3.37. The molecule has 0 saturated heterocycles. The van der Waals surface area contributed by atoms with Crippen LogP contribution in [0.25, 0.3) is 43.1 Å². The summed E-state index contributed by atoms with van der Waals surface area (Å²) in [7, 11) is 0. The molecule has 0 aliphatic carbocycles. The van der Waals surface area contributed by atoms with Gasteiger partial charge in [0.05, 0.1) is 11.6 Å². The summed E-state index contributed by atoms with van der Waals surface area (Å²) in [6, 6.07) is 12.5. The molecule has 6 rings (SSSR count). The summed E-state index contributed by atoms with van der Waals surface area (Å²) in [5, 5.41) is 22.2. The van der Waals surface area contributed by atoms with E-state index in [1.165, 1.54) is 128 Å². The van der Waals surface area contributed by atoms with E-state index in [-0.39, 0.29) is 29.4 Å². The number of fused-ring (bicyclic) bond motifs is 2. The number of aliphatic imine (C=N–C) groups is 1. The molecular weight excluding hydrogens is 893 g/mol. The van der Waals surface area contributed by atoms with E-state index in [0.29, 0.717) is 54.6 Å². The summed E-state index contributed by atoms with van der Waals surface area (Å²) >= 11 is 0. The first-order chi connectivity index (χ1) is 35.1. The van der Waals surface area contributed by atoms with Gasteiger partial charge in [-0.1, -0.05) is 226 Å². The third kappa shape index (κ3) is 14.8. The number of nitrogens with two attached hydrogens (primary N) is 1. The second-order valence-electron chi connectivity index (χ2n) is 21.4. The molecule has 1 heterocycles. The molecule has 5 aromatic rings. The van der Waals surface area contributed by atoms with Crippen LogP contribution in [-0.2, 0) is 0 Å². The first-order valence-corrected chi connectivity index (χ1v) is 29.1. The second kappa shape index (κ2) is 29.6. The van der Waals surface area contributed by atoms with Crippen molar-refractivity contribution in [1.29, 1.82) is 0 Å². The largest absolute Gasteiger partial charge is 0.478 e. The van der Waals surface area contributed by atoms with Crippen molar-refractivity contribution in [3.05, 3.63) is 70.3 Å². The number of carbonyl (C=O) groups excluding carboxylic acids is 3. The van der Waals surface area contributed by atoms with Gasteiger partial charge in [-0.15, -0.1) is 0 Å². The van der Waals surface area contributed by atoms with Gasteiger partial charge in [0.25, 0.3) is 17.7 Å². The number of amidine groups is 1. The molecule has 0 spiro atoms. The summed E-state index contributed by atoms with van der Waals surface area (Å²) in [6.07, 6.45) is 37.2. The summed E-state index contributed by atoms with van der Waals surface area (Å²) in [5.74, 6) is -2.04. The highest BCUT2D eigenvalue weighted by atomic mass is 16.4. The lowest BCUT2D eigenvalue weighted by molar-refractivity contribution is 0.0697. The minimum absolute atomic E-state index is 0.00693. The van der Waals surface area contributed by atoms with Gasteiger partial charge in [0.15, 0.2) is 0 Å². The highest BCUT2D eigenvalue weighted by molar-refractivity contribution is 6.42. The van der Waals surface area contributed by atoms with Crippen LogP contribution in [0.2, 0.25) is 0 Å². The van der Waals surface area contributed by atoms with Crippen LogP contribution >= 0.6 is 0 Å². The number of hydrogen-bond acceptors (Lipinski definition) is 5. The van der Waals surface area contributed by atoms with Crippen LogP contribution in [0, 0.1) is 0 Å². The zero-order chi connectivity index (χ0) is 51.2.